The van der Waals surface area contributed by atoms with Gasteiger partial charge in [0.15, 0.2) is 0 Å². The molecule has 0 aliphatic carbocycles. The second-order valence-corrected chi connectivity index (χ2v) is 20.4. The van der Waals surface area contributed by atoms with Crippen LogP contribution in [-0.4, -0.2) is 0 Å². The highest BCUT2D eigenvalue weighted by molar-refractivity contribution is 7.23. The fraction of sp³-hybridized carbons (Fsp3) is 0.640. The zero-order chi connectivity index (χ0) is 37.8. The number of hydrogen-bond acceptors (Lipinski definition) is 4. The minimum absolute atomic E-state index is 1.26. The molecule has 0 aliphatic rings. The van der Waals surface area contributed by atoms with Crippen LogP contribution >= 0.6 is 45.3 Å². The van der Waals surface area contributed by atoms with E-state index in [9.17, 15) is 0 Å². The summed E-state index contributed by atoms with van der Waals surface area (Å²) in [4.78, 5) is 6.39. The quantitative estimate of drug-likeness (QED) is 0.0406. The van der Waals surface area contributed by atoms with Crippen molar-refractivity contribution >= 4 is 65.5 Å². The Hall–Kier alpha value is -1.46. The highest BCUT2D eigenvalue weighted by atomic mass is 32.1. The first kappa shape index (κ1) is 43.7. The van der Waals surface area contributed by atoms with E-state index in [4.69, 9.17) is 0 Å². The van der Waals surface area contributed by atoms with Crippen molar-refractivity contribution in [3.05, 3.63) is 55.9 Å². The Balaban J connectivity index is 1.39. The minimum atomic E-state index is 1.26. The van der Waals surface area contributed by atoms with Gasteiger partial charge in [-0.1, -0.05) is 156 Å². The standard InChI is InChI=1S/C50H74S4/c1-5-9-13-17-21-25-29-39-35-46(53-44(39)31-27-23-19-15-11-7-3)42-37-48-49(50-41(42)33-34-51-50)43(38-52-48)47-36-40(30-26-22-18-14-10-6-2)45(54-47)32-28-24-20-16-12-8-4/h33-38H,5-32H2,1-4H3. The van der Waals surface area contributed by atoms with Crippen LogP contribution in [0.25, 0.3) is 41.1 Å². The van der Waals surface area contributed by atoms with E-state index in [2.05, 4.69) is 85.4 Å². The van der Waals surface area contributed by atoms with Gasteiger partial charge in [0.05, 0.1) is 0 Å². The van der Waals surface area contributed by atoms with E-state index in [1.807, 2.05) is 22.7 Å². The van der Waals surface area contributed by atoms with Crippen LogP contribution in [0.1, 0.15) is 203 Å². The zero-order valence-corrected chi connectivity index (χ0v) is 38.2. The molecule has 0 bridgehead atoms. The van der Waals surface area contributed by atoms with E-state index < -0.39 is 0 Å². The van der Waals surface area contributed by atoms with E-state index in [0.717, 1.165) is 0 Å². The number of fused-ring (bicyclic) bond motifs is 3. The molecule has 0 amide bonds. The molecule has 0 saturated carbocycles. The van der Waals surface area contributed by atoms with Crippen LogP contribution in [0.5, 0.6) is 0 Å². The monoisotopic (exact) mass is 802 g/mol. The number of benzene rings is 1. The third-order valence-electron chi connectivity index (χ3n) is 11.7. The fourth-order valence-electron chi connectivity index (χ4n) is 8.39. The number of unbranched alkanes of at least 4 members (excludes halogenated alkanes) is 20. The Morgan fingerprint density at radius 1 is 0.426 bits per heavy atom. The average molecular weight is 803 g/mol. The first-order valence-electron chi connectivity index (χ1n) is 22.8. The Kier molecular flexibility index (Phi) is 20.2. The second-order valence-electron chi connectivity index (χ2n) is 16.3. The Bertz CT molecular complexity index is 1670. The van der Waals surface area contributed by atoms with Gasteiger partial charge in [-0.25, -0.2) is 0 Å². The normalized spacial score (nSPS) is 11.9. The van der Waals surface area contributed by atoms with E-state index in [1.54, 1.807) is 20.9 Å². The summed E-state index contributed by atoms with van der Waals surface area (Å²) in [5, 5.41) is 7.86. The van der Waals surface area contributed by atoms with Crippen molar-refractivity contribution in [2.45, 2.75) is 207 Å². The molecule has 54 heavy (non-hydrogen) atoms. The van der Waals surface area contributed by atoms with Gasteiger partial charge in [-0.2, -0.15) is 0 Å². The van der Waals surface area contributed by atoms with Crippen molar-refractivity contribution in [2.24, 2.45) is 0 Å². The number of thiophene rings is 4. The minimum Gasteiger partial charge on any atom is -0.143 e. The highest BCUT2D eigenvalue weighted by Gasteiger charge is 2.20. The summed E-state index contributed by atoms with van der Waals surface area (Å²) in [6.45, 7) is 9.29. The summed E-state index contributed by atoms with van der Waals surface area (Å²) in [6, 6.07) is 10.3. The second kappa shape index (κ2) is 25.0. The molecule has 5 aromatic rings. The molecule has 4 aromatic heterocycles. The topological polar surface area (TPSA) is 0 Å². The molecule has 1 aromatic carbocycles. The smallest absolute Gasteiger partial charge is 0.0442 e. The maximum Gasteiger partial charge on any atom is 0.0442 e. The lowest BCUT2D eigenvalue weighted by Crippen LogP contribution is -1.91. The SMILES string of the molecule is CCCCCCCCc1cc(-c2cc3scc(-c4cc(CCCCCCCC)c(CCCCCCCC)s4)c3c3sccc23)sc1CCCCCCCC. The molecule has 0 fully saturated rings. The lowest BCUT2D eigenvalue weighted by atomic mass is 10.00. The summed E-state index contributed by atoms with van der Waals surface area (Å²) in [7, 11) is 0. The zero-order valence-electron chi connectivity index (χ0n) is 34.9. The van der Waals surface area contributed by atoms with E-state index in [-0.39, 0.29) is 0 Å². The third-order valence-corrected chi connectivity index (χ3v) is 16.1. The summed E-state index contributed by atoms with van der Waals surface area (Å²) < 4.78 is 2.98. The highest BCUT2D eigenvalue weighted by Crippen LogP contribution is 2.48. The average Bonchev–Trinajstić information content (AvgIpc) is 4.00. The molecule has 5 rings (SSSR count). The van der Waals surface area contributed by atoms with Gasteiger partial charge in [-0.3, -0.25) is 0 Å². The third kappa shape index (κ3) is 13.0. The van der Waals surface area contributed by atoms with Gasteiger partial charge in [-0.15, -0.1) is 45.3 Å². The van der Waals surface area contributed by atoms with Crippen LogP contribution in [-0.2, 0) is 25.7 Å². The van der Waals surface area contributed by atoms with Crippen molar-refractivity contribution in [3.63, 3.8) is 0 Å². The van der Waals surface area contributed by atoms with Gasteiger partial charge in [0.2, 0.25) is 0 Å². The molecule has 0 aliphatic heterocycles. The van der Waals surface area contributed by atoms with Crippen molar-refractivity contribution in [2.75, 3.05) is 0 Å². The first-order chi connectivity index (χ1) is 26.7. The Labute approximate surface area is 347 Å². The summed E-state index contributed by atoms with van der Waals surface area (Å²) in [5.74, 6) is 0. The van der Waals surface area contributed by atoms with Gasteiger partial charge in [0.25, 0.3) is 0 Å². The van der Waals surface area contributed by atoms with Crippen molar-refractivity contribution < 1.29 is 0 Å². The number of aryl methyl sites for hydroxylation is 4. The van der Waals surface area contributed by atoms with Crippen LogP contribution in [0.3, 0.4) is 0 Å². The number of hydrogen-bond donors (Lipinski definition) is 0. The maximum absolute atomic E-state index is 2.63. The maximum atomic E-state index is 2.63. The predicted octanol–water partition coefficient (Wildman–Crippen LogP) is 19.2. The van der Waals surface area contributed by atoms with Crippen LogP contribution < -0.4 is 0 Å². The predicted molar refractivity (Wildman–Crippen MR) is 252 cm³/mol. The van der Waals surface area contributed by atoms with E-state index in [0.29, 0.717) is 0 Å². The van der Waals surface area contributed by atoms with Crippen LogP contribution in [0.2, 0.25) is 0 Å². The molecule has 298 valence electrons. The molecule has 0 radical (unpaired) electrons. The summed E-state index contributed by atoms with van der Waals surface area (Å²) in [6.07, 6.45) is 38.1. The molecular formula is C50H74S4. The van der Waals surface area contributed by atoms with E-state index >= 15 is 0 Å². The largest absolute Gasteiger partial charge is 0.143 e. The van der Waals surface area contributed by atoms with Crippen LogP contribution in [0, 0.1) is 0 Å². The Morgan fingerprint density at radius 2 is 0.852 bits per heavy atom. The molecular weight excluding hydrogens is 729 g/mol. The number of rotatable bonds is 30. The van der Waals surface area contributed by atoms with E-state index in [1.165, 1.54) is 221 Å². The molecule has 0 saturated heterocycles. The molecule has 4 heteroatoms. The summed E-state index contributed by atoms with van der Waals surface area (Å²) >= 11 is 8.21. The first-order valence-corrected chi connectivity index (χ1v) is 26.2. The molecule has 0 unspecified atom stereocenters. The lowest BCUT2D eigenvalue weighted by molar-refractivity contribution is 0.601. The molecule has 0 nitrogen and oxygen atoms in total. The van der Waals surface area contributed by atoms with Gasteiger partial charge in [0, 0.05) is 56.2 Å². The van der Waals surface area contributed by atoms with Gasteiger partial charge in [-0.05, 0) is 92.1 Å². The molecule has 4 heterocycles. The van der Waals surface area contributed by atoms with Crippen molar-refractivity contribution in [1.82, 2.24) is 0 Å². The lowest BCUT2D eigenvalue weighted by Gasteiger charge is -2.05. The van der Waals surface area contributed by atoms with Gasteiger partial charge in [0.1, 0.15) is 0 Å². The molecule has 0 spiro atoms. The molecule has 0 N–H and O–H groups in total. The van der Waals surface area contributed by atoms with Crippen LogP contribution in [0.15, 0.2) is 35.0 Å². The van der Waals surface area contributed by atoms with Crippen molar-refractivity contribution in [3.8, 4) is 20.9 Å². The fourth-order valence-corrected chi connectivity index (χ4v) is 13.1. The van der Waals surface area contributed by atoms with Crippen molar-refractivity contribution in [1.29, 1.82) is 0 Å². The Morgan fingerprint density at radius 3 is 1.33 bits per heavy atom. The van der Waals surface area contributed by atoms with Gasteiger partial charge >= 0.3 is 0 Å². The van der Waals surface area contributed by atoms with Gasteiger partial charge < -0.3 is 0 Å². The summed E-state index contributed by atoms with van der Waals surface area (Å²) in [5.41, 5.74) is 6.29. The molecule has 0 atom stereocenters. The van der Waals surface area contributed by atoms with Crippen LogP contribution in [0.4, 0.5) is 0 Å².